The summed E-state index contributed by atoms with van der Waals surface area (Å²) in [6, 6.07) is 16.1. The van der Waals surface area contributed by atoms with Crippen LogP contribution in [0.2, 0.25) is 0 Å². The number of rotatable bonds is 7. The molecule has 1 fully saturated rings. The molecule has 2 aliphatic heterocycles. The van der Waals surface area contributed by atoms with Gasteiger partial charge < -0.3 is 14.5 Å². The molecule has 2 aliphatic rings. The molecule has 2 aromatic carbocycles. The Morgan fingerprint density at radius 1 is 0.967 bits per heavy atom. The molecule has 0 radical (unpaired) electrons. The summed E-state index contributed by atoms with van der Waals surface area (Å²) >= 11 is 0. The molecule has 0 bridgehead atoms. The molecule has 1 N–H and O–H groups in total. The van der Waals surface area contributed by atoms with Gasteiger partial charge in [-0.15, -0.1) is 0 Å². The number of nitrogens with one attached hydrogen (secondary N) is 1. The van der Waals surface area contributed by atoms with Gasteiger partial charge in [-0.25, -0.2) is 0 Å². The minimum Gasteiger partial charge on any atom is -0.457 e. The molecule has 160 valence electrons. The van der Waals surface area contributed by atoms with Gasteiger partial charge in [0.05, 0.1) is 32.6 Å². The normalized spacial score (nSPS) is 23.2. The molecule has 4 nitrogen and oxygen atoms in total. The van der Waals surface area contributed by atoms with E-state index in [1.54, 1.807) is 0 Å². The standard InChI is InChI=1S/C26H34N2O2/c1-3-4-5-10-17-28(2)18-15-20(16-19-28)27-26(29)25-21-11-6-8-13-23(21)30-24-14-9-7-12-22(24)25/h6-9,11-14,20,25H,3-5,10,15-19H2,1-2H3/p+1. The fraction of sp³-hybridized carbons (Fsp3) is 0.500. The highest BCUT2D eigenvalue weighted by molar-refractivity contribution is 5.89. The van der Waals surface area contributed by atoms with E-state index in [1.165, 1.54) is 32.2 Å². The summed E-state index contributed by atoms with van der Waals surface area (Å²) in [5.41, 5.74) is 1.92. The number of para-hydroxylation sites is 2. The van der Waals surface area contributed by atoms with Crippen LogP contribution in [0.25, 0.3) is 0 Å². The molecule has 0 unspecified atom stereocenters. The molecule has 0 aliphatic carbocycles. The summed E-state index contributed by atoms with van der Waals surface area (Å²) in [4.78, 5) is 13.4. The summed E-state index contributed by atoms with van der Waals surface area (Å²) in [7, 11) is 2.38. The fourth-order valence-electron chi connectivity index (χ4n) is 4.96. The summed E-state index contributed by atoms with van der Waals surface area (Å²) in [5.74, 6) is 1.37. The van der Waals surface area contributed by atoms with E-state index in [1.807, 2.05) is 48.5 Å². The molecule has 1 saturated heterocycles. The topological polar surface area (TPSA) is 38.3 Å². The maximum atomic E-state index is 13.4. The Hall–Kier alpha value is -2.33. The molecule has 4 heteroatoms. The van der Waals surface area contributed by atoms with E-state index in [0.717, 1.165) is 53.0 Å². The molecule has 2 heterocycles. The lowest BCUT2D eigenvalue weighted by Crippen LogP contribution is -2.55. The maximum absolute atomic E-state index is 13.4. The van der Waals surface area contributed by atoms with Crippen LogP contribution in [0.5, 0.6) is 11.5 Å². The van der Waals surface area contributed by atoms with Crippen LogP contribution in [0.3, 0.4) is 0 Å². The van der Waals surface area contributed by atoms with E-state index in [9.17, 15) is 4.79 Å². The summed E-state index contributed by atoms with van der Waals surface area (Å²) in [6.07, 6.45) is 7.40. The van der Waals surface area contributed by atoms with Gasteiger partial charge in [-0.05, 0) is 25.0 Å². The van der Waals surface area contributed by atoms with Gasteiger partial charge in [0.2, 0.25) is 5.91 Å². The number of unbranched alkanes of at least 4 members (excludes halogenated alkanes) is 3. The second kappa shape index (κ2) is 9.22. The summed E-state index contributed by atoms with van der Waals surface area (Å²) < 4.78 is 7.20. The third-order valence-electron chi connectivity index (χ3n) is 6.87. The van der Waals surface area contributed by atoms with Crippen LogP contribution >= 0.6 is 0 Å². The Bertz CT molecular complexity index is 825. The first-order valence-electron chi connectivity index (χ1n) is 11.6. The Morgan fingerprint density at radius 2 is 1.57 bits per heavy atom. The first kappa shape index (κ1) is 20.9. The highest BCUT2D eigenvalue weighted by Gasteiger charge is 2.35. The van der Waals surface area contributed by atoms with Gasteiger partial charge in [0.15, 0.2) is 0 Å². The van der Waals surface area contributed by atoms with Crippen molar-refractivity contribution in [3.8, 4) is 11.5 Å². The number of piperidine rings is 1. The van der Waals surface area contributed by atoms with Crippen LogP contribution in [0.1, 0.15) is 62.5 Å². The molecule has 1 amide bonds. The van der Waals surface area contributed by atoms with Crippen molar-refractivity contribution in [3.63, 3.8) is 0 Å². The summed E-state index contributed by atoms with van der Waals surface area (Å²) in [5, 5.41) is 3.38. The van der Waals surface area contributed by atoms with Crippen molar-refractivity contribution in [2.75, 3.05) is 26.7 Å². The van der Waals surface area contributed by atoms with Crippen LogP contribution < -0.4 is 10.1 Å². The lowest BCUT2D eigenvalue weighted by molar-refractivity contribution is -0.914. The first-order chi connectivity index (χ1) is 14.6. The highest BCUT2D eigenvalue weighted by Crippen LogP contribution is 2.44. The van der Waals surface area contributed by atoms with Crippen molar-refractivity contribution in [2.45, 2.75) is 57.4 Å². The maximum Gasteiger partial charge on any atom is 0.232 e. The Kier molecular flexibility index (Phi) is 6.43. The molecule has 2 aromatic rings. The van der Waals surface area contributed by atoms with Crippen LogP contribution in [-0.2, 0) is 4.79 Å². The number of benzene rings is 2. The van der Waals surface area contributed by atoms with Gasteiger partial charge in [-0.3, -0.25) is 4.79 Å². The number of hydrogen-bond acceptors (Lipinski definition) is 2. The lowest BCUT2D eigenvalue weighted by Gasteiger charge is -2.41. The predicted molar refractivity (Wildman–Crippen MR) is 121 cm³/mol. The zero-order chi connectivity index (χ0) is 21.0. The minimum absolute atomic E-state index is 0.0993. The van der Waals surface area contributed by atoms with E-state index in [-0.39, 0.29) is 17.9 Å². The van der Waals surface area contributed by atoms with E-state index < -0.39 is 0 Å². The predicted octanol–water partition coefficient (Wildman–Crippen LogP) is 5.23. The average molecular weight is 408 g/mol. The van der Waals surface area contributed by atoms with Crippen LogP contribution in [0.4, 0.5) is 0 Å². The van der Waals surface area contributed by atoms with Crippen molar-refractivity contribution in [3.05, 3.63) is 59.7 Å². The zero-order valence-corrected chi connectivity index (χ0v) is 18.4. The molecule has 4 rings (SSSR count). The van der Waals surface area contributed by atoms with Gasteiger partial charge in [-0.1, -0.05) is 56.2 Å². The van der Waals surface area contributed by atoms with Gasteiger partial charge in [0.1, 0.15) is 11.5 Å². The van der Waals surface area contributed by atoms with Crippen molar-refractivity contribution in [1.29, 1.82) is 0 Å². The van der Waals surface area contributed by atoms with Gasteiger partial charge in [0, 0.05) is 30.0 Å². The molecule has 0 atom stereocenters. The van der Waals surface area contributed by atoms with E-state index in [2.05, 4.69) is 19.3 Å². The third-order valence-corrected chi connectivity index (χ3v) is 6.87. The lowest BCUT2D eigenvalue weighted by atomic mass is 9.86. The quantitative estimate of drug-likeness (QED) is 0.504. The fourth-order valence-corrected chi connectivity index (χ4v) is 4.96. The number of carbonyl (C=O) groups excluding carboxylic acids is 1. The number of ether oxygens (including phenoxy) is 1. The third kappa shape index (κ3) is 4.54. The monoisotopic (exact) mass is 407 g/mol. The second-order valence-corrected chi connectivity index (χ2v) is 9.24. The largest absolute Gasteiger partial charge is 0.457 e. The minimum atomic E-state index is -0.303. The highest BCUT2D eigenvalue weighted by atomic mass is 16.5. The Balaban J connectivity index is 1.41. The van der Waals surface area contributed by atoms with Crippen molar-refractivity contribution < 1.29 is 14.0 Å². The summed E-state index contributed by atoms with van der Waals surface area (Å²) in [6.45, 7) is 5.83. The van der Waals surface area contributed by atoms with Crippen molar-refractivity contribution in [1.82, 2.24) is 5.32 Å². The zero-order valence-electron chi connectivity index (χ0n) is 18.4. The van der Waals surface area contributed by atoms with Crippen LogP contribution in [-0.4, -0.2) is 43.1 Å². The van der Waals surface area contributed by atoms with Gasteiger partial charge >= 0.3 is 0 Å². The molecule has 30 heavy (non-hydrogen) atoms. The first-order valence-corrected chi connectivity index (χ1v) is 11.6. The number of fused-ring (bicyclic) bond motifs is 2. The van der Waals surface area contributed by atoms with Gasteiger partial charge in [-0.2, -0.15) is 0 Å². The number of likely N-dealkylation sites (tertiary alicyclic amines) is 1. The van der Waals surface area contributed by atoms with E-state index in [4.69, 9.17) is 4.74 Å². The van der Waals surface area contributed by atoms with Crippen LogP contribution in [0, 0.1) is 0 Å². The second-order valence-electron chi connectivity index (χ2n) is 9.24. The average Bonchev–Trinajstić information content (AvgIpc) is 2.77. The molecular formula is C26H35N2O2+. The molecule has 0 saturated carbocycles. The van der Waals surface area contributed by atoms with E-state index >= 15 is 0 Å². The van der Waals surface area contributed by atoms with E-state index in [0.29, 0.717) is 0 Å². The Morgan fingerprint density at radius 3 is 2.17 bits per heavy atom. The Labute approximate surface area is 180 Å². The number of nitrogens with zero attached hydrogens (tertiary/aromatic N) is 1. The molecular weight excluding hydrogens is 372 g/mol. The molecule has 0 spiro atoms. The van der Waals surface area contributed by atoms with Gasteiger partial charge in [0.25, 0.3) is 0 Å². The number of carbonyl (C=O) groups is 1. The molecule has 0 aromatic heterocycles. The SMILES string of the molecule is CCCCCC[N+]1(C)CCC(NC(=O)C2c3ccccc3Oc3ccccc32)CC1. The van der Waals surface area contributed by atoms with Crippen molar-refractivity contribution >= 4 is 5.91 Å². The number of quaternary nitrogens is 1. The van der Waals surface area contributed by atoms with Crippen molar-refractivity contribution in [2.24, 2.45) is 0 Å². The number of hydrogen-bond donors (Lipinski definition) is 1. The van der Waals surface area contributed by atoms with Crippen LogP contribution in [0.15, 0.2) is 48.5 Å². The number of amides is 1. The smallest absolute Gasteiger partial charge is 0.232 e.